The van der Waals surface area contributed by atoms with Crippen molar-refractivity contribution in [2.75, 3.05) is 0 Å². The summed E-state index contributed by atoms with van der Waals surface area (Å²) in [7, 11) is 0. The SMILES string of the molecule is O=CCc1ccc2c(c1)CCCC2NC(=O)O. The molecule has 1 amide bonds. The van der Waals surface area contributed by atoms with E-state index in [0.717, 1.165) is 42.2 Å². The average Bonchev–Trinajstić information content (AvgIpc) is 2.29. The lowest BCUT2D eigenvalue weighted by atomic mass is 9.86. The number of aldehydes is 1. The van der Waals surface area contributed by atoms with E-state index in [1.54, 1.807) is 0 Å². The molecule has 0 spiro atoms. The molecule has 0 aliphatic heterocycles. The van der Waals surface area contributed by atoms with E-state index < -0.39 is 6.09 Å². The molecule has 0 radical (unpaired) electrons. The summed E-state index contributed by atoms with van der Waals surface area (Å²) >= 11 is 0. The summed E-state index contributed by atoms with van der Waals surface area (Å²) in [6.45, 7) is 0. The number of carbonyl (C=O) groups is 2. The zero-order valence-electron chi connectivity index (χ0n) is 9.48. The highest BCUT2D eigenvalue weighted by atomic mass is 16.4. The van der Waals surface area contributed by atoms with Crippen LogP contribution in [0.25, 0.3) is 0 Å². The van der Waals surface area contributed by atoms with E-state index in [1.807, 2.05) is 18.2 Å². The van der Waals surface area contributed by atoms with Crippen LogP contribution in [-0.4, -0.2) is 17.5 Å². The van der Waals surface area contributed by atoms with Crippen molar-refractivity contribution in [1.29, 1.82) is 0 Å². The smallest absolute Gasteiger partial charge is 0.405 e. The number of fused-ring (bicyclic) bond motifs is 1. The third-order valence-corrected chi connectivity index (χ3v) is 3.14. The first-order chi connectivity index (χ1) is 8.20. The van der Waals surface area contributed by atoms with Gasteiger partial charge in [0.05, 0.1) is 6.04 Å². The number of rotatable bonds is 3. The minimum absolute atomic E-state index is 0.110. The van der Waals surface area contributed by atoms with Gasteiger partial charge in [-0.25, -0.2) is 4.79 Å². The largest absolute Gasteiger partial charge is 0.465 e. The molecule has 4 nitrogen and oxygen atoms in total. The van der Waals surface area contributed by atoms with Crippen LogP contribution in [0.1, 0.15) is 35.6 Å². The lowest BCUT2D eigenvalue weighted by Crippen LogP contribution is -2.29. The van der Waals surface area contributed by atoms with Crippen molar-refractivity contribution in [2.24, 2.45) is 0 Å². The normalized spacial score (nSPS) is 18.2. The van der Waals surface area contributed by atoms with Gasteiger partial charge in [0.15, 0.2) is 0 Å². The Morgan fingerprint density at radius 1 is 1.53 bits per heavy atom. The van der Waals surface area contributed by atoms with Gasteiger partial charge >= 0.3 is 6.09 Å². The Morgan fingerprint density at radius 2 is 2.35 bits per heavy atom. The molecule has 1 atom stereocenters. The van der Waals surface area contributed by atoms with Gasteiger partial charge in [0.2, 0.25) is 0 Å². The summed E-state index contributed by atoms with van der Waals surface area (Å²) in [4.78, 5) is 21.2. The van der Waals surface area contributed by atoms with Gasteiger partial charge in [-0.1, -0.05) is 18.2 Å². The Labute approximate surface area is 99.6 Å². The number of hydrogen-bond donors (Lipinski definition) is 2. The molecule has 2 N–H and O–H groups in total. The Balaban J connectivity index is 2.26. The van der Waals surface area contributed by atoms with Crippen LogP contribution in [-0.2, 0) is 17.6 Å². The Morgan fingerprint density at radius 3 is 3.06 bits per heavy atom. The summed E-state index contributed by atoms with van der Waals surface area (Å²) in [5.74, 6) is 0. The van der Waals surface area contributed by atoms with Gasteiger partial charge in [0.25, 0.3) is 0 Å². The molecule has 0 bridgehead atoms. The second-order valence-electron chi connectivity index (χ2n) is 4.30. The van der Waals surface area contributed by atoms with E-state index in [0.29, 0.717) is 6.42 Å². The molecule has 17 heavy (non-hydrogen) atoms. The molecule has 4 heteroatoms. The van der Waals surface area contributed by atoms with E-state index in [2.05, 4.69) is 5.32 Å². The highest BCUT2D eigenvalue weighted by Crippen LogP contribution is 2.30. The van der Waals surface area contributed by atoms with E-state index in [9.17, 15) is 9.59 Å². The fourth-order valence-electron chi connectivity index (χ4n) is 2.39. The van der Waals surface area contributed by atoms with Crippen LogP contribution in [0.3, 0.4) is 0 Å². The fourth-order valence-corrected chi connectivity index (χ4v) is 2.39. The Hall–Kier alpha value is -1.84. The standard InChI is InChI=1S/C13H15NO3/c15-7-6-9-4-5-11-10(8-9)2-1-3-12(11)14-13(16)17/h4-5,7-8,12,14H,1-3,6H2,(H,16,17). The van der Waals surface area contributed by atoms with Crippen molar-refractivity contribution in [1.82, 2.24) is 5.32 Å². The van der Waals surface area contributed by atoms with Gasteiger partial charge in [-0.3, -0.25) is 0 Å². The fraction of sp³-hybridized carbons (Fsp3) is 0.385. The molecule has 1 aliphatic carbocycles. The van der Waals surface area contributed by atoms with Crippen LogP contribution in [0.2, 0.25) is 0 Å². The van der Waals surface area contributed by atoms with Crippen molar-refractivity contribution in [2.45, 2.75) is 31.7 Å². The van der Waals surface area contributed by atoms with Crippen LogP contribution in [0.4, 0.5) is 4.79 Å². The monoisotopic (exact) mass is 233 g/mol. The molecule has 1 aromatic carbocycles. The van der Waals surface area contributed by atoms with Crippen LogP contribution in [0, 0.1) is 0 Å². The first-order valence-electron chi connectivity index (χ1n) is 5.75. The molecular formula is C13H15NO3. The predicted octanol–water partition coefficient (Wildman–Crippen LogP) is 2.07. The molecule has 1 aliphatic rings. The maximum atomic E-state index is 10.7. The number of hydrogen-bond acceptors (Lipinski definition) is 2. The summed E-state index contributed by atoms with van der Waals surface area (Å²) in [5, 5.41) is 11.3. The molecule has 0 heterocycles. The lowest BCUT2D eigenvalue weighted by Gasteiger charge is -2.25. The number of amides is 1. The lowest BCUT2D eigenvalue weighted by molar-refractivity contribution is -0.107. The maximum Gasteiger partial charge on any atom is 0.405 e. The first kappa shape index (κ1) is 11.6. The molecule has 0 aromatic heterocycles. The number of nitrogens with one attached hydrogen (secondary N) is 1. The summed E-state index contributed by atoms with van der Waals surface area (Å²) in [6.07, 6.45) is 3.09. The van der Waals surface area contributed by atoms with Gasteiger partial charge in [-0.2, -0.15) is 0 Å². The van der Waals surface area contributed by atoms with Crippen LogP contribution in [0.15, 0.2) is 18.2 Å². The van der Waals surface area contributed by atoms with Crippen molar-refractivity contribution < 1.29 is 14.7 Å². The quantitative estimate of drug-likeness (QED) is 0.785. The minimum Gasteiger partial charge on any atom is -0.465 e. The number of benzene rings is 1. The molecule has 1 unspecified atom stereocenters. The molecule has 0 saturated carbocycles. The van der Waals surface area contributed by atoms with Crippen LogP contribution in [0.5, 0.6) is 0 Å². The first-order valence-corrected chi connectivity index (χ1v) is 5.75. The maximum absolute atomic E-state index is 10.7. The molecule has 2 rings (SSSR count). The number of carboxylic acid groups (broad SMARTS) is 1. The van der Waals surface area contributed by atoms with Gasteiger partial charge in [0.1, 0.15) is 6.29 Å². The third kappa shape index (κ3) is 2.64. The Kier molecular flexibility index (Phi) is 3.42. The van der Waals surface area contributed by atoms with E-state index >= 15 is 0 Å². The average molecular weight is 233 g/mol. The van der Waals surface area contributed by atoms with E-state index in [-0.39, 0.29) is 6.04 Å². The van der Waals surface area contributed by atoms with Gasteiger partial charge in [0, 0.05) is 6.42 Å². The highest BCUT2D eigenvalue weighted by molar-refractivity contribution is 5.65. The van der Waals surface area contributed by atoms with E-state index in [1.165, 1.54) is 0 Å². The third-order valence-electron chi connectivity index (χ3n) is 3.14. The molecule has 0 fully saturated rings. The Bertz CT molecular complexity index is 442. The molecule has 0 saturated heterocycles. The van der Waals surface area contributed by atoms with Gasteiger partial charge < -0.3 is 15.2 Å². The van der Waals surface area contributed by atoms with Crippen LogP contribution >= 0.6 is 0 Å². The van der Waals surface area contributed by atoms with Gasteiger partial charge in [-0.15, -0.1) is 0 Å². The minimum atomic E-state index is -0.986. The van der Waals surface area contributed by atoms with Crippen molar-refractivity contribution in [3.63, 3.8) is 0 Å². The molecular weight excluding hydrogens is 218 g/mol. The van der Waals surface area contributed by atoms with Gasteiger partial charge in [-0.05, 0) is 36.0 Å². The number of carbonyl (C=O) groups excluding carboxylic acids is 1. The van der Waals surface area contributed by atoms with Crippen molar-refractivity contribution >= 4 is 12.4 Å². The van der Waals surface area contributed by atoms with Crippen molar-refractivity contribution in [3.05, 3.63) is 34.9 Å². The second-order valence-corrected chi connectivity index (χ2v) is 4.30. The highest BCUT2D eigenvalue weighted by Gasteiger charge is 2.21. The summed E-state index contributed by atoms with van der Waals surface area (Å²) in [6, 6.07) is 5.74. The predicted molar refractivity (Wildman–Crippen MR) is 63.0 cm³/mol. The zero-order valence-corrected chi connectivity index (χ0v) is 9.48. The summed E-state index contributed by atoms with van der Waals surface area (Å²) < 4.78 is 0. The topological polar surface area (TPSA) is 66.4 Å². The zero-order chi connectivity index (χ0) is 12.3. The number of aryl methyl sites for hydroxylation is 1. The summed E-state index contributed by atoms with van der Waals surface area (Å²) in [5.41, 5.74) is 3.21. The van der Waals surface area contributed by atoms with Crippen molar-refractivity contribution in [3.8, 4) is 0 Å². The van der Waals surface area contributed by atoms with E-state index in [4.69, 9.17) is 5.11 Å². The van der Waals surface area contributed by atoms with Crippen LogP contribution < -0.4 is 5.32 Å². The molecule has 1 aromatic rings. The second kappa shape index (κ2) is 4.99. The molecule has 90 valence electrons.